The molecule has 1 fully saturated rings. The summed E-state index contributed by atoms with van der Waals surface area (Å²) < 4.78 is 71.8. The molecule has 1 saturated heterocycles. The predicted molar refractivity (Wildman–Crippen MR) is 65.0 cm³/mol. The van der Waals surface area contributed by atoms with Crippen LogP contribution in [0, 0.1) is 0 Å². The van der Waals surface area contributed by atoms with Crippen LogP contribution in [0.15, 0.2) is 12.3 Å². The first-order valence-electron chi connectivity index (χ1n) is 5.46. The third-order valence-corrected chi connectivity index (χ3v) is 4.28. The molecule has 5 nitrogen and oxygen atoms in total. The molecule has 0 aliphatic carbocycles. The Morgan fingerprint density at radius 2 is 2.00 bits per heavy atom. The summed E-state index contributed by atoms with van der Waals surface area (Å²) in [6, 6.07) is 0.564. The van der Waals surface area contributed by atoms with Crippen LogP contribution < -0.4 is 4.90 Å². The van der Waals surface area contributed by atoms with Crippen LogP contribution in [0.5, 0.6) is 0 Å². The largest absolute Gasteiger partial charge is 0.417 e. The van der Waals surface area contributed by atoms with Gasteiger partial charge in [-0.25, -0.2) is 4.98 Å². The standard InChI is InChI=1S/C10H7ClF4N2O3S/c11-7-1-5(10(12,13)14)3-16-9(7)17-4-6(2-8(17)18)21(15,19)20/h1,3,6H,2,4H2. The summed E-state index contributed by atoms with van der Waals surface area (Å²) in [6.45, 7) is -0.546. The van der Waals surface area contributed by atoms with Crippen LogP contribution in [0.25, 0.3) is 0 Å². The SMILES string of the molecule is O=C1CC(S(=O)(=O)F)CN1c1ncc(C(F)(F)F)cc1Cl. The highest BCUT2D eigenvalue weighted by Crippen LogP contribution is 2.35. The van der Waals surface area contributed by atoms with Gasteiger partial charge in [-0.3, -0.25) is 9.69 Å². The average Bonchev–Trinajstić information content (AvgIpc) is 2.70. The van der Waals surface area contributed by atoms with Crippen molar-refractivity contribution < 1.29 is 30.3 Å². The van der Waals surface area contributed by atoms with Crippen molar-refractivity contribution in [3.8, 4) is 0 Å². The monoisotopic (exact) mass is 346 g/mol. The highest BCUT2D eigenvalue weighted by molar-refractivity contribution is 7.87. The third kappa shape index (κ3) is 3.26. The van der Waals surface area contributed by atoms with E-state index >= 15 is 0 Å². The first kappa shape index (κ1) is 16.0. The molecular weight excluding hydrogens is 340 g/mol. The fourth-order valence-corrected chi connectivity index (χ4v) is 2.79. The molecule has 0 aromatic carbocycles. The molecule has 1 amide bonds. The van der Waals surface area contributed by atoms with Crippen LogP contribution in [0.3, 0.4) is 0 Å². The van der Waals surface area contributed by atoms with Crippen molar-refractivity contribution in [2.75, 3.05) is 11.4 Å². The van der Waals surface area contributed by atoms with E-state index in [4.69, 9.17) is 11.6 Å². The Morgan fingerprint density at radius 1 is 1.38 bits per heavy atom. The fraction of sp³-hybridized carbons (Fsp3) is 0.400. The lowest BCUT2D eigenvalue weighted by atomic mass is 10.2. The number of pyridine rings is 1. The lowest BCUT2D eigenvalue weighted by molar-refractivity contribution is -0.137. The molecule has 0 spiro atoms. The van der Waals surface area contributed by atoms with E-state index in [1.54, 1.807) is 0 Å². The minimum absolute atomic E-state index is 0.333. The number of amides is 1. The second-order valence-electron chi connectivity index (χ2n) is 4.33. The maximum Gasteiger partial charge on any atom is 0.417 e. The van der Waals surface area contributed by atoms with Gasteiger partial charge in [0.15, 0.2) is 5.82 Å². The number of carbonyl (C=O) groups is 1. The zero-order chi connectivity index (χ0) is 16.0. The summed E-state index contributed by atoms with van der Waals surface area (Å²) in [7, 11) is -4.93. The molecule has 116 valence electrons. The van der Waals surface area contributed by atoms with Crippen molar-refractivity contribution in [2.45, 2.75) is 17.8 Å². The van der Waals surface area contributed by atoms with Gasteiger partial charge in [0.25, 0.3) is 0 Å². The molecule has 0 N–H and O–H groups in total. The van der Waals surface area contributed by atoms with E-state index in [2.05, 4.69) is 4.98 Å². The van der Waals surface area contributed by atoms with Crippen molar-refractivity contribution in [1.29, 1.82) is 0 Å². The normalized spacial score (nSPS) is 20.1. The van der Waals surface area contributed by atoms with E-state index in [9.17, 15) is 30.3 Å². The third-order valence-electron chi connectivity index (χ3n) is 2.89. The topological polar surface area (TPSA) is 67.3 Å². The number of alkyl halides is 3. The molecule has 0 saturated carbocycles. The number of carbonyl (C=O) groups excluding carboxylic acids is 1. The van der Waals surface area contributed by atoms with Crippen LogP contribution in [0.2, 0.25) is 5.02 Å². The van der Waals surface area contributed by atoms with Gasteiger partial charge in [0.05, 0.1) is 10.6 Å². The Hall–Kier alpha value is -1.42. The minimum atomic E-state index is -4.93. The molecule has 0 radical (unpaired) electrons. The first-order valence-corrected chi connectivity index (χ1v) is 7.29. The molecule has 1 aromatic heterocycles. The van der Waals surface area contributed by atoms with E-state index in [0.29, 0.717) is 12.3 Å². The highest BCUT2D eigenvalue weighted by Gasteiger charge is 2.41. The summed E-state index contributed by atoms with van der Waals surface area (Å²) in [6.07, 6.45) is -4.81. The van der Waals surface area contributed by atoms with Gasteiger partial charge in [-0.15, -0.1) is 3.89 Å². The van der Waals surface area contributed by atoms with Crippen LogP contribution >= 0.6 is 11.6 Å². The Morgan fingerprint density at radius 3 is 2.43 bits per heavy atom. The lowest BCUT2D eigenvalue weighted by Crippen LogP contribution is -2.28. The molecule has 11 heteroatoms. The van der Waals surface area contributed by atoms with E-state index < -0.39 is 51.1 Å². The number of anilines is 1. The fourth-order valence-electron chi connectivity index (χ4n) is 1.85. The van der Waals surface area contributed by atoms with Crippen molar-refractivity contribution in [3.05, 3.63) is 22.8 Å². The maximum absolute atomic E-state index is 12.9. The molecular formula is C10H7ClF4N2O3S. The van der Waals surface area contributed by atoms with Gasteiger partial charge in [-0.2, -0.15) is 21.6 Å². The molecule has 1 aromatic rings. The van der Waals surface area contributed by atoms with Gasteiger partial charge >= 0.3 is 16.4 Å². The summed E-state index contributed by atoms with van der Waals surface area (Å²) in [5, 5.41) is -2.06. The predicted octanol–water partition coefficient (Wildman–Crippen LogP) is 2.16. The number of rotatable bonds is 2. The quantitative estimate of drug-likeness (QED) is 0.608. The van der Waals surface area contributed by atoms with Crippen LogP contribution in [0.4, 0.5) is 22.9 Å². The minimum Gasteiger partial charge on any atom is -0.294 e. The molecule has 2 heterocycles. The number of halogens is 5. The zero-order valence-electron chi connectivity index (χ0n) is 10.1. The van der Waals surface area contributed by atoms with Crippen LogP contribution in [-0.4, -0.2) is 31.1 Å². The van der Waals surface area contributed by atoms with E-state index in [0.717, 1.165) is 4.90 Å². The maximum atomic E-state index is 12.9. The first-order chi connectivity index (χ1) is 9.50. The summed E-state index contributed by atoms with van der Waals surface area (Å²) >= 11 is 5.64. The van der Waals surface area contributed by atoms with Gasteiger partial charge in [0.1, 0.15) is 5.25 Å². The van der Waals surface area contributed by atoms with Crippen molar-refractivity contribution in [2.24, 2.45) is 0 Å². The van der Waals surface area contributed by atoms with Crippen molar-refractivity contribution in [3.63, 3.8) is 0 Å². The number of nitrogens with zero attached hydrogens (tertiary/aromatic N) is 2. The highest BCUT2D eigenvalue weighted by atomic mass is 35.5. The van der Waals surface area contributed by atoms with Crippen LogP contribution in [-0.2, 0) is 21.2 Å². The smallest absolute Gasteiger partial charge is 0.294 e. The zero-order valence-corrected chi connectivity index (χ0v) is 11.6. The van der Waals surface area contributed by atoms with Gasteiger partial charge < -0.3 is 0 Å². The van der Waals surface area contributed by atoms with Gasteiger partial charge in [0, 0.05) is 19.2 Å². The van der Waals surface area contributed by atoms with Gasteiger partial charge in [-0.1, -0.05) is 11.6 Å². The average molecular weight is 347 g/mol. The van der Waals surface area contributed by atoms with Gasteiger partial charge in [0.2, 0.25) is 5.91 Å². The Bertz CT molecular complexity index is 692. The second-order valence-corrected chi connectivity index (χ2v) is 6.36. The Labute approximate surface area is 121 Å². The van der Waals surface area contributed by atoms with Crippen molar-refractivity contribution in [1.82, 2.24) is 4.98 Å². The van der Waals surface area contributed by atoms with Gasteiger partial charge in [-0.05, 0) is 6.07 Å². The van der Waals surface area contributed by atoms with E-state index in [-0.39, 0.29) is 5.82 Å². The van der Waals surface area contributed by atoms with Crippen LogP contribution in [0.1, 0.15) is 12.0 Å². The molecule has 2 rings (SSSR count). The summed E-state index contributed by atoms with van der Waals surface area (Å²) in [5.41, 5.74) is -1.11. The molecule has 1 unspecified atom stereocenters. The number of hydrogen-bond acceptors (Lipinski definition) is 4. The number of hydrogen-bond donors (Lipinski definition) is 0. The summed E-state index contributed by atoms with van der Waals surface area (Å²) in [4.78, 5) is 15.8. The van der Waals surface area contributed by atoms with E-state index in [1.165, 1.54) is 0 Å². The molecule has 21 heavy (non-hydrogen) atoms. The van der Waals surface area contributed by atoms with Crippen molar-refractivity contribution >= 4 is 33.5 Å². The lowest BCUT2D eigenvalue weighted by Gasteiger charge is -2.17. The summed E-state index contributed by atoms with van der Waals surface area (Å²) in [5.74, 6) is -1.11. The molecule has 1 aliphatic rings. The molecule has 0 bridgehead atoms. The van der Waals surface area contributed by atoms with E-state index in [1.807, 2.05) is 0 Å². The Kier molecular flexibility index (Phi) is 3.87. The number of aromatic nitrogens is 1. The Balaban J connectivity index is 2.34. The molecule has 1 atom stereocenters. The molecule has 1 aliphatic heterocycles. The second kappa shape index (κ2) is 5.09.